The molecule has 2 rings (SSSR count). The summed E-state index contributed by atoms with van der Waals surface area (Å²) in [6, 6.07) is 9.07. The van der Waals surface area contributed by atoms with Crippen molar-refractivity contribution < 1.29 is 9.72 Å². The van der Waals surface area contributed by atoms with Crippen LogP contribution in [-0.2, 0) is 6.54 Å². The maximum absolute atomic E-state index is 11.9. The first-order valence-corrected chi connectivity index (χ1v) is 6.07. The zero-order chi connectivity index (χ0) is 14.5. The largest absolute Gasteiger partial charge is 0.348 e. The summed E-state index contributed by atoms with van der Waals surface area (Å²) in [6.45, 7) is 0.195. The van der Waals surface area contributed by atoms with Gasteiger partial charge >= 0.3 is 0 Å². The molecule has 7 heteroatoms. The van der Waals surface area contributed by atoms with E-state index in [0.717, 1.165) is 0 Å². The van der Waals surface area contributed by atoms with Crippen molar-refractivity contribution in [2.75, 3.05) is 0 Å². The fourth-order valence-electron chi connectivity index (χ4n) is 1.61. The Morgan fingerprint density at radius 1 is 1.35 bits per heavy atom. The topological polar surface area (TPSA) is 85.1 Å². The van der Waals surface area contributed by atoms with Gasteiger partial charge in [0, 0.05) is 30.4 Å². The molecule has 0 atom stereocenters. The summed E-state index contributed by atoms with van der Waals surface area (Å²) in [4.78, 5) is 25.8. The molecule has 0 bridgehead atoms. The number of benzene rings is 1. The zero-order valence-electron chi connectivity index (χ0n) is 10.2. The van der Waals surface area contributed by atoms with Crippen molar-refractivity contribution in [3.05, 3.63) is 69.0 Å². The van der Waals surface area contributed by atoms with Crippen LogP contribution in [0.5, 0.6) is 0 Å². The molecule has 1 aromatic carbocycles. The average Bonchev–Trinajstić information content (AvgIpc) is 2.45. The van der Waals surface area contributed by atoms with Crippen LogP contribution in [0.3, 0.4) is 0 Å². The number of non-ortho nitro benzene ring substituents is 1. The van der Waals surface area contributed by atoms with Gasteiger partial charge in [0.05, 0.1) is 4.92 Å². The third kappa shape index (κ3) is 3.52. The van der Waals surface area contributed by atoms with Crippen LogP contribution in [0, 0.1) is 10.1 Å². The van der Waals surface area contributed by atoms with Gasteiger partial charge in [0.1, 0.15) is 5.15 Å². The van der Waals surface area contributed by atoms with Crippen molar-refractivity contribution in [2.24, 2.45) is 0 Å². The van der Waals surface area contributed by atoms with Gasteiger partial charge in [0.25, 0.3) is 11.6 Å². The number of hydrogen-bond acceptors (Lipinski definition) is 4. The fraction of sp³-hybridized carbons (Fsp3) is 0.0769. The summed E-state index contributed by atoms with van der Waals surface area (Å²) in [5.74, 6) is -0.319. The van der Waals surface area contributed by atoms with Gasteiger partial charge < -0.3 is 5.32 Å². The van der Waals surface area contributed by atoms with E-state index in [1.807, 2.05) is 0 Å². The summed E-state index contributed by atoms with van der Waals surface area (Å²) in [6.07, 6.45) is 1.44. The van der Waals surface area contributed by atoms with E-state index in [4.69, 9.17) is 11.6 Å². The van der Waals surface area contributed by atoms with Crippen molar-refractivity contribution in [3.63, 3.8) is 0 Å². The highest BCUT2D eigenvalue weighted by Crippen LogP contribution is 2.13. The van der Waals surface area contributed by atoms with Gasteiger partial charge in [0.2, 0.25) is 0 Å². The van der Waals surface area contributed by atoms with Gasteiger partial charge in [0.15, 0.2) is 0 Å². The minimum Gasteiger partial charge on any atom is -0.348 e. The van der Waals surface area contributed by atoms with E-state index in [1.54, 1.807) is 12.1 Å². The number of amides is 1. The summed E-state index contributed by atoms with van der Waals surface area (Å²) >= 11 is 5.70. The summed E-state index contributed by atoms with van der Waals surface area (Å²) in [5.41, 5.74) is 1.02. The molecule has 0 radical (unpaired) electrons. The maximum atomic E-state index is 11.9. The minimum absolute atomic E-state index is 0.0105. The number of nitrogens with zero attached hydrogens (tertiary/aromatic N) is 2. The monoisotopic (exact) mass is 291 g/mol. The molecule has 6 nitrogen and oxygen atoms in total. The lowest BCUT2D eigenvalue weighted by Gasteiger charge is -2.05. The van der Waals surface area contributed by atoms with Crippen LogP contribution in [0.4, 0.5) is 5.69 Å². The number of pyridine rings is 1. The highest BCUT2D eigenvalue weighted by Gasteiger charge is 2.08. The Morgan fingerprint density at radius 3 is 2.85 bits per heavy atom. The first kappa shape index (κ1) is 14.0. The van der Waals surface area contributed by atoms with Crippen LogP contribution < -0.4 is 5.32 Å². The van der Waals surface area contributed by atoms with Gasteiger partial charge in [-0.3, -0.25) is 14.9 Å². The SMILES string of the molecule is O=C(NCc1cccc([N+](=O)[O-])c1)c1ccnc(Cl)c1. The number of aromatic nitrogens is 1. The van der Waals surface area contributed by atoms with E-state index in [1.165, 1.54) is 30.5 Å². The first-order valence-electron chi connectivity index (χ1n) is 5.69. The number of carbonyl (C=O) groups is 1. The lowest BCUT2D eigenvalue weighted by atomic mass is 10.2. The number of nitro groups is 1. The molecule has 0 aliphatic heterocycles. The smallest absolute Gasteiger partial charge is 0.269 e. The van der Waals surface area contributed by atoms with E-state index >= 15 is 0 Å². The van der Waals surface area contributed by atoms with Crippen LogP contribution in [-0.4, -0.2) is 15.8 Å². The predicted octanol–water partition coefficient (Wildman–Crippen LogP) is 2.57. The molecule has 1 amide bonds. The van der Waals surface area contributed by atoms with E-state index in [9.17, 15) is 14.9 Å². The normalized spacial score (nSPS) is 10.1. The Hall–Kier alpha value is -2.47. The Kier molecular flexibility index (Phi) is 4.27. The Labute approximate surface area is 119 Å². The fourth-order valence-corrected chi connectivity index (χ4v) is 1.78. The zero-order valence-corrected chi connectivity index (χ0v) is 11.0. The van der Waals surface area contributed by atoms with Gasteiger partial charge in [-0.2, -0.15) is 0 Å². The number of rotatable bonds is 4. The number of hydrogen-bond donors (Lipinski definition) is 1. The Morgan fingerprint density at radius 2 is 2.15 bits per heavy atom. The maximum Gasteiger partial charge on any atom is 0.269 e. The number of carbonyl (C=O) groups excluding carboxylic acids is 1. The first-order chi connectivity index (χ1) is 9.56. The lowest BCUT2D eigenvalue weighted by Crippen LogP contribution is -2.22. The van der Waals surface area contributed by atoms with Gasteiger partial charge in [-0.05, 0) is 17.7 Å². The summed E-state index contributed by atoms with van der Waals surface area (Å²) < 4.78 is 0. The van der Waals surface area contributed by atoms with Crippen molar-refractivity contribution in [2.45, 2.75) is 6.54 Å². The van der Waals surface area contributed by atoms with Crippen molar-refractivity contribution in [3.8, 4) is 0 Å². The molecule has 0 fully saturated rings. The van der Waals surface area contributed by atoms with E-state index < -0.39 is 4.92 Å². The predicted molar refractivity (Wildman–Crippen MR) is 73.5 cm³/mol. The van der Waals surface area contributed by atoms with Crippen molar-refractivity contribution in [1.29, 1.82) is 0 Å². The molecular weight excluding hydrogens is 282 g/mol. The molecule has 0 saturated carbocycles. The molecule has 1 N–H and O–H groups in total. The number of halogens is 1. The highest BCUT2D eigenvalue weighted by atomic mass is 35.5. The standard InChI is InChI=1S/C13H10ClN3O3/c14-12-7-10(4-5-15-12)13(18)16-8-9-2-1-3-11(6-9)17(19)20/h1-7H,8H2,(H,16,18). The molecule has 1 heterocycles. The molecule has 0 spiro atoms. The summed E-state index contributed by atoms with van der Waals surface area (Å²) in [7, 11) is 0. The van der Waals surface area contributed by atoms with Crippen LogP contribution >= 0.6 is 11.6 Å². The van der Waals surface area contributed by atoms with Gasteiger partial charge in [-0.15, -0.1) is 0 Å². The third-order valence-electron chi connectivity index (χ3n) is 2.56. The van der Waals surface area contributed by atoms with Gasteiger partial charge in [-0.1, -0.05) is 23.7 Å². The minimum atomic E-state index is -0.478. The molecular formula is C13H10ClN3O3. The molecule has 1 aromatic heterocycles. The van der Waals surface area contributed by atoms with Crippen molar-refractivity contribution in [1.82, 2.24) is 10.3 Å². The second-order valence-electron chi connectivity index (χ2n) is 3.98. The molecule has 102 valence electrons. The molecule has 0 unspecified atom stereocenters. The van der Waals surface area contributed by atoms with Crippen LogP contribution in [0.2, 0.25) is 5.15 Å². The average molecular weight is 292 g/mol. The Bertz CT molecular complexity index is 661. The molecule has 0 aliphatic carbocycles. The number of nitrogens with one attached hydrogen (secondary N) is 1. The number of nitro benzene ring substituents is 1. The van der Waals surface area contributed by atoms with E-state index in [-0.39, 0.29) is 23.3 Å². The molecule has 20 heavy (non-hydrogen) atoms. The van der Waals surface area contributed by atoms with Crippen LogP contribution in [0.1, 0.15) is 15.9 Å². The van der Waals surface area contributed by atoms with E-state index in [0.29, 0.717) is 11.1 Å². The molecule has 0 saturated heterocycles. The Balaban J connectivity index is 2.03. The van der Waals surface area contributed by atoms with Crippen molar-refractivity contribution >= 4 is 23.2 Å². The molecule has 2 aromatic rings. The van der Waals surface area contributed by atoms with Gasteiger partial charge in [-0.25, -0.2) is 4.98 Å². The highest BCUT2D eigenvalue weighted by molar-refractivity contribution is 6.29. The quantitative estimate of drug-likeness (QED) is 0.533. The second-order valence-corrected chi connectivity index (χ2v) is 4.36. The van der Waals surface area contributed by atoms with Crippen LogP contribution in [0.15, 0.2) is 42.6 Å². The summed E-state index contributed by atoms with van der Waals surface area (Å²) in [5, 5.41) is 13.5. The lowest BCUT2D eigenvalue weighted by molar-refractivity contribution is -0.384. The third-order valence-corrected chi connectivity index (χ3v) is 2.77. The van der Waals surface area contributed by atoms with Crippen LogP contribution in [0.25, 0.3) is 0 Å². The van der Waals surface area contributed by atoms with E-state index in [2.05, 4.69) is 10.3 Å². The molecule has 0 aliphatic rings. The second kappa shape index (κ2) is 6.12.